The summed E-state index contributed by atoms with van der Waals surface area (Å²) < 4.78 is 0. The van der Waals surface area contributed by atoms with Gasteiger partial charge in [0.2, 0.25) is 0 Å². The number of carbonyl (C=O) groups excluding carboxylic acids is 1. The van der Waals surface area contributed by atoms with Crippen molar-refractivity contribution in [1.82, 2.24) is 4.98 Å². The molecule has 0 radical (unpaired) electrons. The minimum absolute atomic E-state index is 0.174. The van der Waals surface area contributed by atoms with Gasteiger partial charge in [-0.3, -0.25) is 14.8 Å². The van der Waals surface area contributed by atoms with Crippen molar-refractivity contribution >= 4 is 11.5 Å². The zero-order valence-electron chi connectivity index (χ0n) is 13.0. The predicted octanol–water partition coefficient (Wildman–Crippen LogP) is 3.21. The molecule has 0 N–H and O–H groups in total. The number of pyridine rings is 1. The second-order valence-corrected chi connectivity index (χ2v) is 5.84. The molecule has 4 nitrogen and oxygen atoms in total. The van der Waals surface area contributed by atoms with Crippen LogP contribution in [-0.4, -0.2) is 16.5 Å². The van der Waals surface area contributed by atoms with Gasteiger partial charge in [-0.25, -0.2) is 0 Å². The number of hydrogen-bond acceptors (Lipinski definition) is 4. The summed E-state index contributed by atoms with van der Waals surface area (Å²) in [5.74, 6) is 0.375. The van der Waals surface area contributed by atoms with Crippen LogP contribution in [-0.2, 0) is 17.8 Å². The standard InChI is InChI=1S/C19H17N3O/c1-13(14-5-3-2-4-6-14)7-17(23)9-16-8-15-11-22-19(10-20)18(15)12-21-16/h2-6,8,12-13H,7,9,11H2,1H3/t13-/m0/s1. The van der Waals surface area contributed by atoms with Gasteiger partial charge in [-0.2, -0.15) is 5.26 Å². The number of hydrogen-bond donors (Lipinski definition) is 0. The maximum absolute atomic E-state index is 12.3. The summed E-state index contributed by atoms with van der Waals surface area (Å²) >= 11 is 0. The highest BCUT2D eigenvalue weighted by molar-refractivity contribution is 6.13. The Balaban J connectivity index is 1.64. The molecule has 1 atom stereocenters. The Kier molecular flexibility index (Phi) is 4.29. The van der Waals surface area contributed by atoms with E-state index >= 15 is 0 Å². The monoisotopic (exact) mass is 303 g/mol. The summed E-state index contributed by atoms with van der Waals surface area (Å²) in [5.41, 5.74) is 4.14. The van der Waals surface area contributed by atoms with E-state index in [4.69, 9.17) is 5.26 Å². The van der Waals surface area contributed by atoms with Crippen LogP contribution in [0.15, 0.2) is 47.6 Å². The van der Waals surface area contributed by atoms with Gasteiger partial charge < -0.3 is 0 Å². The molecule has 0 aliphatic carbocycles. The van der Waals surface area contributed by atoms with Crippen LogP contribution in [0.3, 0.4) is 0 Å². The van der Waals surface area contributed by atoms with Gasteiger partial charge in [0, 0.05) is 30.3 Å². The lowest BCUT2D eigenvalue weighted by Gasteiger charge is -2.11. The minimum atomic E-state index is 0.174. The predicted molar refractivity (Wildman–Crippen MR) is 88.3 cm³/mol. The summed E-state index contributed by atoms with van der Waals surface area (Å²) in [6.07, 6.45) is 2.49. The maximum Gasteiger partial charge on any atom is 0.144 e. The van der Waals surface area contributed by atoms with E-state index in [2.05, 4.69) is 23.0 Å². The molecule has 4 heteroatoms. The molecular formula is C19H17N3O. The average Bonchev–Trinajstić information content (AvgIpc) is 2.97. The van der Waals surface area contributed by atoms with Crippen LogP contribution in [0.1, 0.15) is 41.6 Å². The molecule has 1 aromatic heterocycles. The average molecular weight is 303 g/mol. The van der Waals surface area contributed by atoms with E-state index in [1.165, 1.54) is 5.56 Å². The highest BCUT2D eigenvalue weighted by atomic mass is 16.1. The van der Waals surface area contributed by atoms with E-state index in [0.29, 0.717) is 25.1 Å². The van der Waals surface area contributed by atoms with Gasteiger partial charge in [-0.05, 0) is 23.1 Å². The number of aromatic nitrogens is 1. The quantitative estimate of drug-likeness (QED) is 0.851. The topological polar surface area (TPSA) is 66.1 Å². The highest BCUT2D eigenvalue weighted by Gasteiger charge is 2.18. The van der Waals surface area contributed by atoms with Crippen LogP contribution in [0.5, 0.6) is 0 Å². The van der Waals surface area contributed by atoms with E-state index in [0.717, 1.165) is 16.8 Å². The van der Waals surface area contributed by atoms with Gasteiger partial charge in [0.15, 0.2) is 0 Å². The van der Waals surface area contributed by atoms with E-state index in [1.807, 2.05) is 36.4 Å². The Labute approximate surface area is 135 Å². The van der Waals surface area contributed by atoms with Crippen LogP contribution in [0.2, 0.25) is 0 Å². The van der Waals surface area contributed by atoms with Gasteiger partial charge >= 0.3 is 0 Å². The lowest BCUT2D eigenvalue weighted by Crippen LogP contribution is -2.09. The second-order valence-electron chi connectivity index (χ2n) is 5.84. The molecular weight excluding hydrogens is 286 g/mol. The van der Waals surface area contributed by atoms with Gasteiger partial charge in [0.25, 0.3) is 0 Å². The third-order valence-corrected chi connectivity index (χ3v) is 4.10. The lowest BCUT2D eigenvalue weighted by atomic mass is 9.94. The minimum Gasteiger partial charge on any atom is -0.299 e. The molecule has 1 aromatic carbocycles. The first kappa shape index (κ1) is 15.1. The first-order valence-corrected chi connectivity index (χ1v) is 7.66. The Bertz CT molecular complexity index is 803. The van der Waals surface area contributed by atoms with Crippen LogP contribution >= 0.6 is 0 Å². The molecule has 0 unspecified atom stereocenters. The highest BCUT2D eigenvalue weighted by Crippen LogP contribution is 2.21. The number of aliphatic imine (C=N–C) groups is 1. The first-order valence-electron chi connectivity index (χ1n) is 7.66. The Morgan fingerprint density at radius 3 is 2.87 bits per heavy atom. The molecule has 0 fully saturated rings. The third kappa shape index (κ3) is 3.35. The van der Waals surface area contributed by atoms with E-state index < -0.39 is 0 Å². The number of rotatable bonds is 5. The van der Waals surface area contributed by atoms with Crippen molar-refractivity contribution in [3.8, 4) is 6.07 Å². The fraction of sp³-hybridized carbons (Fsp3) is 0.263. The van der Waals surface area contributed by atoms with Gasteiger partial charge in [0.1, 0.15) is 17.6 Å². The summed E-state index contributed by atoms with van der Waals surface area (Å²) in [7, 11) is 0. The molecule has 23 heavy (non-hydrogen) atoms. The van der Waals surface area contributed by atoms with Gasteiger partial charge in [0.05, 0.1) is 6.54 Å². The summed E-state index contributed by atoms with van der Waals surface area (Å²) in [5, 5.41) is 8.97. The van der Waals surface area contributed by atoms with Crippen LogP contribution in [0, 0.1) is 11.3 Å². The lowest BCUT2D eigenvalue weighted by molar-refractivity contribution is -0.118. The Morgan fingerprint density at radius 2 is 2.13 bits per heavy atom. The van der Waals surface area contributed by atoms with Gasteiger partial charge in [-0.15, -0.1) is 0 Å². The van der Waals surface area contributed by atoms with E-state index in [-0.39, 0.29) is 11.7 Å². The van der Waals surface area contributed by atoms with Gasteiger partial charge in [-0.1, -0.05) is 37.3 Å². The summed E-state index contributed by atoms with van der Waals surface area (Å²) in [4.78, 5) is 20.8. The van der Waals surface area contributed by atoms with Crippen LogP contribution < -0.4 is 0 Å². The van der Waals surface area contributed by atoms with Crippen molar-refractivity contribution in [1.29, 1.82) is 5.26 Å². The molecule has 114 valence electrons. The summed E-state index contributed by atoms with van der Waals surface area (Å²) in [6, 6.07) is 14.0. The molecule has 2 heterocycles. The fourth-order valence-corrected chi connectivity index (χ4v) is 2.85. The molecule has 0 bridgehead atoms. The normalized spacial score (nSPS) is 13.8. The largest absolute Gasteiger partial charge is 0.299 e. The Morgan fingerprint density at radius 1 is 1.35 bits per heavy atom. The molecule has 1 aliphatic heterocycles. The number of nitriles is 1. The molecule has 0 saturated carbocycles. The summed E-state index contributed by atoms with van der Waals surface area (Å²) in [6.45, 7) is 2.57. The number of fused-ring (bicyclic) bond motifs is 1. The number of carbonyl (C=O) groups is 1. The Hall–Kier alpha value is -2.80. The van der Waals surface area contributed by atoms with Crippen LogP contribution in [0.25, 0.3) is 0 Å². The second kappa shape index (κ2) is 6.53. The molecule has 0 spiro atoms. The molecule has 0 saturated heterocycles. The molecule has 0 amide bonds. The van der Waals surface area contributed by atoms with Crippen molar-refractivity contribution in [2.24, 2.45) is 4.99 Å². The molecule has 3 rings (SSSR count). The molecule has 2 aromatic rings. The van der Waals surface area contributed by atoms with Crippen molar-refractivity contribution in [3.63, 3.8) is 0 Å². The number of nitrogens with zero attached hydrogens (tertiary/aromatic N) is 3. The number of ketones is 1. The first-order chi connectivity index (χ1) is 11.2. The zero-order valence-corrected chi connectivity index (χ0v) is 13.0. The van der Waals surface area contributed by atoms with Crippen molar-refractivity contribution < 1.29 is 4.79 Å². The third-order valence-electron chi connectivity index (χ3n) is 4.10. The smallest absolute Gasteiger partial charge is 0.144 e. The van der Waals surface area contributed by atoms with Crippen molar-refractivity contribution in [2.45, 2.75) is 32.2 Å². The van der Waals surface area contributed by atoms with E-state index in [9.17, 15) is 4.79 Å². The van der Waals surface area contributed by atoms with E-state index in [1.54, 1.807) is 6.20 Å². The number of Topliss-reactive ketones (excluding diaryl/α,β-unsaturated/α-hetero) is 1. The zero-order chi connectivity index (χ0) is 16.2. The maximum atomic E-state index is 12.3. The van der Waals surface area contributed by atoms with Crippen molar-refractivity contribution in [3.05, 3.63) is 65.0 Å². The molecule has 1 aliphatic rings. The fourth-order valence-electron chi connectivity index (χ4n) is 2.85. The van der Waals surface area contributed by atoms with Crippen molar-refractivity contribution in [2.75, 3.05) is 0 Å². The SMILES string of the molecule is C[C@@H](CC(=O)Cc1cc2c(cn1)C(C#N)=NC2)c1ccccc1. The number of benzene rings is 1. The van der Waals surface area contributed by atoms with Crippen LogP contribution in [0.4, 0.5) is 0 Å².